The lowest BCUT2D eigenvalue weighted by Crippen LogP contribution is -2.41. The van der Waals surface area contributed by atoms with Gasteiger partial charge in [-0.3, -0.25) is 0 Å². The highest BCUT2D eigenvalue weighted by Gasteiger charge is 2.07. The first-order valence-corrected chi connectivity index (χ1v) is 8.90. The van der Waals surface area contributed by atoms with E-state index in [0.717, 1.165) is 44.2 Å². The SMILES string of the molecule is C=C(/C=C\C1=C(C)NCCC1)CCCNC(=O)NC(CC)CC. The number of hydrogen-bond donors (Lipinski definition) is 3. The summed E-state index contributed by atoms with van der Waals surface area (Å²) in [6.45, 7) is 12.2. The Labute approximate surface area is 141 Å². The zero-order valence-corrected chi connectivity index (χ0v) is 15.0. The highest BCUT2D eigenvalue weighted by molar-refractivity contribution is 5.74. The fourth-order valence-corrected chi connectivity index (χ4v) is 2.61. The summed E-state index contributed by atoms with van der Waals surface area (Å²) in [4.78, 5) is 11.7. The van der Waals surface area contributed by atoms with Crippen LogP contribution in [0.25, 0.3) is 0 Å². The van der Waals surface area contributed by atoms with Gasteiger partial charge in [-0.25, -0.2) is 4.79 Å². The number of rotatable bonds is 9. The molecule has 1 heterocycles. The third kappa shape index (κ3) is 7.91. The highest BCUT2D eigenvalue weighted by atomic mass is 16.2. The summed E-state index contributed by atoms with van der Waals surface area (Å²) in [5.41, 5.74) is 3.76. The Balaban J connectivity index is 2.20. The van der Waals surface area contributed by atoms with Gasteiger partial charge in [-0.05, 0) is 51.0 Å². The molecule has 0 saturated carbocycles. The summed E-state index contributed by atoms with van der Waals surface area (Å²) in [5, 5.41) is 9.28. The molecule has 1 aliphatic heterocycles. The second-order valence-electron chi connectivity index (χ2n) is 6.19. The Kier molecular flexibility index (Phi) is 9.18. The molecule has 0 aromatic carbocycles. The molecular formula is C19H33N3O. The predicted molar refractivity (Wildman–Crippen MR) is 98.4 cm³/mol. The van der Waals surface area contributed by atoms with Gasteiger partial charge in [0.1, 0.15) is 0 Å². The maximum atomic E-state index is 11.7. The predicted octanol–water partition coefficient (Wildman–Crippen LogP) is 4.02. The molecule has 0 saturated heterocycles. The molecular weight excluding hydrogens is 286 g/mol. The van der Waals surface area contributed by atoms with E-state index in [9.17, 15) is 4.79 Å². The van der Waals surface area contributed by atoms with Crippen LogP contribution in [-0.4, -0.2) is 25.2 Å². The van der Waals surface area contributed by atoms with Crippen LogP contribution in [0.15, 0.2) is 35.6 Å². The van der Waals surface area contributed by atoms with Gasteiger partial charge in [-0.1, -0.05) is 38.2 Å². The number of nitrogens with one attached hydrogen (secondary N) is 3. The summed E-state index contributed by atoms with van der Waals surface area (Å²) in [5.74, 6) is 0. The van der Waals surface area contributed by atoms with Gasteiger partial charge in [0, 0.05) is 24.8 Å². The number of hydrogen-bond acceptors (Lipinski definition) is 2. The van der Waals surface area contributed by atoms with Crippen molar-refractivity contribution in [3.8, 4) is 0 Å². The molecule has 1 rings (SSSR count). The summed E-state index contributed by atoms with van der Waals surface area (Å²) in [6.07, 6.45) is 10.4. The average Bonchev–Trinajstić information content (AvgIpc) is 2.55. The zero-order valence-electron chi connectivity index (χ0n) is 15.0. The van der Waals surface area contributed by atoms with Crippen LogP contribution in [0.5, 0.6) is 0 Å². The molecule has 0 unspecified atom stereocenters. The second-order valence-corrected chi connectivity index (χ2v) is 6.19. The van der Waals surface area contributed by atoms with Crippen molar-refractivity contribution in [1.82, 2.24) is 16.0 Å². The minimum absolute atomic E-state index is 0.0612. The second kappa shape index (κ2) is 10.9. The van der Waals surface area contributed by atoms with Crippen LogP contribution in [0.4, 0.5) is 4.79 Å². The average molecular weight is 319 g/mol. The first-order chi connectivity index (χ1) is 11.1. The maximum Gasteiger partial charge on any atom is 0.315 e. The maximum absolute atomic E-state index is 11.7. The Hall–Kier alpha value is -1.71. The molecule has 3 N–H and O–H groups in total. The Morgan fingerprint density at radius 3 is 2.78 bits per heavy atom. The Morgan fingerprint density at radius 2 is 2.13 bits per heavy atom. The molecule has 1 aliphatic rings. The van der Waals surface area contributed by atoms with E-state index in [2.05, 4.69) is 55.5 Å². The van der Waals surface area contributed by atoms with Crippen LogP contribution < -0.4 is 16.0 Å². The lowest BCUT2D eigenvalue weighted by Gasteiger charge is -2.17. The zero-order chi connectivity index (χ0) is 17.1. The normalized spacial score (nSPS) is 15.0. The molecule has 2 amide bonds. The number of carbonyl (C=O) groups excluding carboxylic acids is 1. The molecule has 0 aromatic heterocycles. The Bertz CT molecular complexity index is 448. The van der Waals surface area contributed by atoms with E-state index in [1.54, 1.807) is 0 Å². The number of amides is 2. The van der Waals surface area contributed by atoms with E-state index < -0.39 is 0 Å². The fourth-order valence-electron chi connectivity index (χ4n) is 2.61. The van der Waals surface area contributed by atoms with Crippen LogP contribution in [0.2, 0.25) is 0 Å². The van der Waals surface area contributed by atoms with E-state index in [-0.39, 0.29) is 12.1 Å². The number of carbonyl (C=O) groups is 1. The summed E-state index contributed by atoms with van der Waals surface area (Å²) < 4.78 is 0. The third-order valence-electron chi connectivity index (χ3n) is 4.30. The fraction of sp³-hybridized carbons (Fsp3) is 0.632. The standard InChI is InChI=1S/C19H33N3O/c1-5-18(6-2)22-19(23)21-14-7-9-15(3)11-12-17-10-8-13-20-16(17)4/h11-12,18,20H,3,5-10,13-14H2,1-2,4H3,(H2,21,22,23)/b12-11-. The lowest BCUT2D eigenvalue weighted by molar-refractivity contribution is 0.236. The van der Waals surface area contributed by atoms with E-state index >= 15 is 0 Å². The highest BCUT2D eigenvalue weighted by Crippen LogP contribution is 2.16. The van der Waals surface area contributed by atoms with Crippen LogP contribution in [0.1, 0.15) is 59.3 Å². The molecule has 4 nitrogen and oxygen atoms in total. The third-order valence-corrected chi connectivity index (χ3v) is 4.30. The number of allylic oxidation sites excluding steroid dienone is 5. The number of urea groups is 1. The summed E-state index contributed by atoms with van der Waals surface area (Å²) in [6, 6.07) is 0.211. The molecule has 0 fully saturated rings. The van der Waals surface area contributed by atoms with Crippen molar-refractivity contribution in [2.45, 2.75) is 65.3 Å². The molecule has 130 valence electrons. The van der Waals surface area contributed by atoms with Crippen molar-refractivity contribution in [3.63, 3.8) is 0 Å². The van der Waals surface area contributed by atoms with Crippen LogP contribution in [-0.2, 0) is 0 Å². The quantitative estimate of drug-likeness (QED) is 0.444. The van der Waals surface area contributed by atoms with E-state index in [4.69, 9.17) is 0 Å². The minimum atomic E-state index is -0.0612. The van der Waals surface area contributed by atoms with Gasteiger partial charge in [-0.15, -0.1) is 0 Å². The van der Waals surface area contributed by atoms with E-state index in [1.165, 1.54) is 17.7 Å². The van der Waals surface area contributed by atoms with Gasteiger partial charge >= 0.3 is 6.03 Å². The van der Waals surface area contributed by atoms with Crippen molar-refractivity contribution in [2.24, 2.45) is 0 Å². The minimum Gasteiger partial charge on any atom is -0.388 e. The smallest absolute Gasteiger partial charge is 0.315 e. The molecule has 23 heavy (non-hydrogen) atoms. The molecule has 0 radical (unpaired) electrons. The van der Waals surface area contributed by atoms with E-state index in [1.807, 2.05) is 0 Å². The van der Waals surface area contributed by atoms with Crippen LogP contribution >= 0.6 is 0 Å². The van der Waals surface area contributed by atoms with E-state index in [0.29, 0.717) is 6.54 Å². The van der Waals surface area contributed by atoms with Crippen molar-refractivity contribution in [2.75, 3.05) is 13.1 Å². The summed E-state index contributed by atoms with van der Waals surface area (Å²) >= 11 is 0. The first-order valence-electron chi connectivity index (χ1n) is 8.90. The van der Waals surface area contributed by atoms with Crippen LogP contribution in [0.3, 0.4) is 0 Å². The molecule has 0 atom stereocenters. The van der Waals surface area contributed by atoms with Gasteiger partial charge in [0.2, 0.25) is 0 Å². The van der Waals surface area contributed by atoms with Crippen molar-refractivity contribution in [1.29, 1.82) is 0 Å². The van der Waals surface area contributed by atoms with Gasteiger partial charge in [-0.2, -0.15) is 0 Å². The lowest BCUT2D eigenvalue weighted by atomic mass is 10.0. The molecule has 4 heteroatoms. The van der Waals surface area contributed by atoms with Crippen molar-refractivity contribution >= 4 is 6.03 Å². The van der Waals surface area contributed by atoms with Crippen molar-refractivity contribution in [3.05, 3.63) is 35.6 Å². The summed E-state index contributed by atoms with van der Waals surface area (Å²) in [7, 11) is 0. The van der Waals surface area contributed by atoms with Crippen LogP contribution in [0, 0.1) is 0 Å². The monoisotopic (exact) mass is 319 g/mol. The topological polar surface area (TPSA) is 53.2 Å². The van der Waals surface area contributed by atoms with Gasteiger partial charge in [0.25, 0.3) is 0 Å². The molecule has 0 aliphatic carbocycles. The van der Waals surface area contributed by atoms with Crippen molar-refractivity contribution < 1.29 is 4.79 Å². The van der Waals surface area contributed by atoms with Gasteiger partial charge < -0.3 is 16.0 Å². The molecule has 0 bridgehead atoms. The Morgan fingerprint density at radius 1 is 1.39 bits per heavy atom. The van der Waals surface area contributed by atoms with Gasteiger partial charge in [0.15, 0.2) is 0 Å². The molecule has 0 spiro atoms. The molecule has 0 aromatic rings. The largest absolute Gasteiger partial charge is 0.388 e. The first kappa shape index (κ1) is 19.3. The van der Waals surface area contributed by atoms with Gasteiger partial charge in [0.05, 0.1) is 0 Å².